The second-order valence-electron chi connectivity index (χ2n) is 19.1. The molecule has 4 amide bonds. The van der Waals surface area contributed by atoms with E-state index >= 15 is 0 Å². The Hall–Kier alpha value is -5.98. The SMILES string of the molecule is Cc1ncsc1-c1ccc([C@H](C)NC(=O)[C@@H]2C[C@@H](O)CN2C(=O)[C@@H](NC(=O)COCCCOCCCCOc2ccc(N3C(=S)N(c4ccc(C#N)c(C(F)(F)F)c4)C(=O)C3(C)C)cc2)C(C)(C)C)cc1. The van der Waals surface area contributed by atoms with E-state index in [0.717, 1.165) is 38.7 Å². The van der Waals surface area contributed by atoms with Crippen molar-refractivity contribution in [1.82, 2.24) is 20.5 Å². The first kappa shape index (κ1) is 54.4. The summed E-state index contributed by atoms with van der Waals surface area (Å²) in [5.74, 6) is -1.30. The first-order valence-electron chi connectivity index (χ1n) is 23.3. The van der Waals surface area contributed by atoms with Crippen molar-refractivity contribution in [3.05, 3.63) is 94.6 Å². The van der Waals surface area contributed by atoms with Crippen molar-refractivity contribution in [2.24, 2.45) is 5.41 Å². The summed E-state index contributed by atoms with van der Waals surface area (Å²) < 4.78 is 58.3. The van der Waals surface area contributed by atoms with Crippen molar-refractivity contribution >= 4 is 63.7 Å². The average Bonchev–Trinajstić information content (AvgIpc) is 3.98. The van der Waals surface area contributed by atoms with Crippen LogP contribution in [0.2, 0.25) is 0 Å². The number of thiazole rings is 1. The Morgan fingerprint density at radius 1 is 0.958 bits per heavy atom. The number of carbonyl (C=O) groups is 4. The number of carbonyl (C=O) groups excluding carboxylic acids is 4. The highest BCUT2D eigenvalue weighted by Gasteiger charge is 2.51. The molecule has 71 heavy (non-hydrogen) atoms. The molecule has 4 atom stereocenters. The van der Waals surface area contributed by atoms with Gasteiger partial charge in [-0.15, -0.1) is 11.3 Å². The van der Waals surface area contributed by atoms with E-state index in [0.29, 0.717) is 50.5 Å². The Bertz CT molecular complexity index is 2600. The molecule has 2 saturated heterocycles. The maximum Gasteiger partial charge on any atom is 0.417 e. The molecule has 15 nitrogen and oxygen atoms in total. The zero-order valence-corrected chi connectivity index (χ0v) is 42.4. The van der Waals surface area contributed by atoms with Crippen LogP contribution in [0.5, 0.6) is 5.75 Å². The number of thiocarbonyl (C=S) groups is 1. The van der Waals surface area contributed by atoms with Crippen LogP contribution < -0.4 is 25.2 Å². The molecule has 0 radical (unpaired) electrons. The number of alkyl halides is 3. The molecule has 3 heterocycles. The minimum absolute atomic E-state index is 0.00705. The number of unbranched alkanes of at least 4 members (excludes halogenated alkanes) is 1. The van der Waals surface area contributed by atoms with E-state index in [1.807, 2.05) is 58.9 Å². The van der Waals surface area contributed by atoms with Crippen LogP contribution in [0.25, 0.3) is 10.4 Å². The first-order chi connectivity index (χ1) is 33.5. The minimum Gasteiger partial charge on any atom is -0.494 e. The molecular formula is C51H60F3N7O8S2. The molecular weight excluding hydrogens is 960 g/mol. The zero-order valence-electron chi connectivity index (χ0n) is 40.8. The van der Waals surface area contributed by atoms with E-state index in [1.165, 1.54) is 11.0 Å². The second kappa shape index (κ2) is 23.1. The van der Waals surface area contributed by atoms with Gasteiger partial charge in [-0.25, -0.2) is 4.98 Å². The molecule has 2 aliphatic rings. The van der Waals surface area contributed by atoms with Crippen LogP contribution in [-0.4, -0.2) is 107 Å². The van der Waals surface area contributed by atoms with E-state index in [2.05, 4.69) is 15.6 Å². The highest BCUT2D eigenvalue weighted by molar-refractivity contribution is 7.81. The third-order valence-corrected chi connectivity index (χ3v) is 13.6. The van der Waals surface area contributed by atoms with Crippen molar-refractivity contribution in [3.63, 3.8) is 0 Å². The predicted octanol–water partition coefficient (Wildman–Crippen LogP) is 7.88. The van der Waals surface area contributed by atoms with Gasteiger partial charge in [-0.1, -0.05) is 45.0 Å². The van der Waals surface area contributed by atoms with Gasteiger partial charge in [0.05, 0.1) is 57.7 Å². The van der Waals surface area contributed by atoms with Crippen molar-refractivity contribution in [2.75, 3.05) is 49.4 Å². The molecule has 0 spiro atoms. The summed E-state index contributed by atoms with van der Waals surface area (Å²) in [4.78, 5) is 63.6. The normalized spacial score (nSPS) is 17.8. The third-order valence-electron chi connectivity index (χ3n) is 12.3. The number of halogens is 3. The van der Waals surface area contributed by atoms with Gasteiger partial charge in [-0.05, 0) is 118 Å². The molecule has 0 aliphatic carbocycles. The number of likely N-dealkylation sites (tertiary alicyclic amines) is 1. The molecule has 0 bridgehead atoms. The lowest BCUT2D eigenvalue weighted by atomic mass is 9.85. The number of β-amino-alcohol motifs (C(OH)–C–C–N with tert-alkyl or cyclic N) is 1. The molecule has 20 heteroatoms. The van der Waals surface area contributed by atoms with E-state index in [1.54, 1.807) is 65.9 Å². The monoisotopic (exact) mass is 1020 g/mol. The van der Waals surface area contributed by atoms with Crippen LogP contribution in [-0.2, 0) is 34.8 Å². The number of benzene rings is 3. The number of anilines is 2. The summed E-state index contributed by atoms with van der Waals surface area (Å²) in [6, 6.07) is 17.0. The van der Waals surface area contributed by atoms with Crippen molar-refractivity contribution in [3.8, 4) is 22.3 Å². The smallest absolute Gasteiger partial charge is 0.417 e. The lowest BCUT2D eigenvalue weighted by Gasteiger charge is -2.35. The fraction of sp³-hybridized carbons (Fsp3) is 0.471. The summed E-state index contributed by atoms with van der Waals surface area (Å²) in [7, 11) is 0. The van der Waals surface area contributed by atoms with Gasteiger partial charge in [0.1, 0.15) is 30.0 Å². The maximum atomic E-state index is 14.0. The number of nitriles is 1. The number of nitrogens with zero attached hydrogens (tertiary/aromatic N) is 5. The van der Waals surface area contributed by atoms with Crippen molar-refractivity contribution in [2.45, 2.75) is 110 Å². The standard InChI is InChI=1S/C51H60F3N7O8S2/c1-31(33-11-13-34(14-12-33)43-32(2)56-30-71-43)57-45(64)41-26-38(62)28-59(41)46(65)44(49(3,4)5)58-42(63)29-68-23-10-22-67-21-8-9-24-69-39-19-17-36(18-20-39)61-48(70)60(47(66)50(61,6)7)37-16-15-35(27-55)40(25-37)51(52,53)54/h11-20,25,30-31,38,41,44,62H,8-10,21-24,26,28-29H2,1-7H3,(H,57,64)(H,58,63)/t31-,38+,41-,44+/m0/s1. The van der Waals surface area contributed by atoms with Crippen LogP contribution in [0.1, 0.15) is 95.7 Å². The van der Waals surface area contributed by atoms with Gasteiger partial charge in [-0.2, -0.15) is 18.4 Å². The molecule has 2 fully saturated rings. The fourth-order valence-electron chi connectivity index (χ4n) is 8.40. The minimum atomic E-state index is -4.80. The molecule has 2 aliphatic heterocycles. The van der Waals surface area contributed by atoms with Crippen LogP contribution in [0.3, 0.4) is 0 Å². The Kier molecular flexibility index (Phi) is 17.6. The molecule has 6 rings (SSSR count). The lowest BCUT2D eigenvalue weighted by molar-refractivity contribution is -0.144. The fourth-order valence-corrected chi connectivity index (χ4v) is 9.73. The second-order valence-corrected chi connectivity index (χ2v) is 20.3. The van der Waals surface area contributed by atoms with Gasteiger partial charge >= 0.3 is 6.18 Å². The third kappa shape index (κ3) is 13.1. The molecule has 1 aromatic heterocycles. The summed E-state index contributed by atoms with van der Waals surface area (Å²) >= 11 is 7.18. The van der Waals surface area contributed by atoms with Gasteiger partial charge < -0.3 is 39.8 Å². The molecule has 380 valence electrons. The molecule has 4 aromatic rings. The number of aryl methyl sites for hydroxylation is 1. The average molecular weight is 1020 g/mol. The number of hydrogen-bond acceptors (Lipinski definition) is 12. The van der Waals surface area contributed by atoms with Gasteiger partial charge in [0.2, 0.25) is 17.7 Å². The van der Waals surface area contributed by atoms with Crippen LogP contribution in [0.4, 0.5) is 24.5 Å². The van der Waals surface area contributed by atoms with Crippen molar-refractivity contribution < 1.29 is 51.7 Å². The number of aliphatic hydroxyl groups is 1. The molecule has 3 aromatic carbocycles. The Morgan fingerprint density at radius 3 is 2.24 bits per heavy atom. The quantitative estimate of drug-likeness (QED) is 0.0576. The van der Waals surface area contributed by atoms with E-state index in [-0.39, 0.29) is 43.0 Å². The van der Waals surface area contributed by atoms with Crippen LogP contribution in [0.15, 0.2) is 72.2 Å². The summed E-state index contributed by atoms with van der Waals surface area (Å²) in [5.41, 5.74) is 1.45. The van der Waals surface area contributed by atoms with Crippen molar-refractivity contribution in [1.29, 1.82) is 5.26 Å². The molecule has 0 saturated carbocycles. The van der Waals surface area contributed by atoms with Gasteiger partial charge in [-0.3, -0.25) is 24.1 Å². The number of aromatic nitrogens is 1. The summed E-state index contributed by atoms with van der Waals surface area (Å²) in [6.45, 7) is 13.7. The highest BCUT2D eigenvalue weighted by Crippen LogP contribution is 2.40. The van der Waals surface area contributed by atoms with Gasteiger partial charge in [0, 0.05) is 38.5 Å². The van der Waals surface area contributed by atoms with Gasteiger partial charge in [0.15, 0.2) is 5.11 Å². The largest absolute Gasteiger partial charge is 0.494 e. The highest BCUT2D eigenvalue weighted by atomic mass is 32.1. The van der Waals surface area contributed by atoms with Crippen LogP contribution >= 0.6 is 23.6 Å². The van der Waals surface area contributed by atoms with E-state index in [9.17, 15) is 42.7 Å². The van der Waals surface area contributed by atoms with E-state index in [4.69, 9.17) is 26.4 Å². The maximum absolute atomic E-state index is 14.0. The number of rotatable bonds is 20. The number of hydrogen-bond donors (Lipinski definition) is 3. The number of nitrogens with one attached hydrogen (secondary N) is 2. The van der Waals surface area contributed by atoms with Gasteiger partial charge in [0.25, 0.3) is 5.91 Å². The number of aliphatic hydroxyl groups excluding tert-OH is 1. The first-order valence-corrected chi connectivity index (χ1v) is 24.6. The Balaban J connectivity index is 0.875. The van der Waals surface area contributed by atoms with Crippen LogP contribution in [0, 0.1) is 23.7 Å². The predicted molar refractivity (Wildman–Crippen MR) is 267 cm³/mol. The zero-order chi connectivity index (χ0) is 51.8. The Morgan fingerprint density at radius 2 is 1.61 bits per heavy atom. The molecule has 3 N–H and O–H groups in total. The molecule has 0 unspecified atom stereocenters. The Labute approximate surface area is 421 Å². The summed E-state index contributed by atoms with van der Waals surface area (Å²) in [5, 5.41) is 25.6. The topological polar surface area (TPSA) is 187 Å². The number of ether oxygens (including phenoxy) is 3. The lowest BCUT2D eigenvalue weighted by Crippen LogP contribution is -2.58. The van der Waals surface area contributed by atoms with E-state index < -0.39 is 70.1 Å². The summed E-state index contributed by atoms with van der Waals surface area (Å²) in [6.07, 6.45) is -3.71. The number of amides is 4.